The molecule has 112 valence electrons. The first-order chi connectivity index (χ1) is 10.1. The maximum atomic E-state index is 6.02. The van der Waals surface area contributed by atoms with Crippen LogP contribution in [0.4, 0.5) is 5.69 Å². The van der Waals surface area contributed by atoms with E-state index in [1.807, 2.05) is 6.07 Å². The maximum absolute atomic E-state index is 6.02. The van der Waals surface area contributed by atoms with Crippen molar-refractivity contribution in [3.8, 4) is 0 Å². The number of nitrogens with zero attached hydrogens (tertiary/aromatic N) is 1. The minimum absolute atomic E-state index is 0.721. The number of benzene rings is 1. The number of hydrogen-bond donors (Lipinski definition) is 1. The lowest BCUT2D eigenvalue weighted by Gasteiger charge is -2.22. The zero-order valence-corrected chi connectivity index (χ0v) is 15.1. The summed E-state index contributed by atoms with van der Waals surface area (Å²) in [6.45, 7) is 1.81. The normalized spacial score (nSPS) is 14.4. The average Bonchev–Trinajstić information content (AvgIpc) is 3.19. The lowest BCUT2D eigenvalue weighted by atomic mass is 10.1. The monoisotopic (exact) mass is 384 g/mol. The topological polar surface area (TPSA) is 15.3 Å². The Morgan fingerprint density at radius 1 is 1.33 bits per heavy atom. The summed E-state index contributed by atoms with van der Waals surface area (Å²) in [7, 11) is 2.14. The van der Waals surface area contributed by atoms with E-state index in [-0.39, 0.29) is 0 Å². The Morgan fingerprint density at radius 2 is 2.14 bits per heavy atom. The first-order valence-corrected chi connectivity index (χ1v) is 9.08. The fourth-order valence-electron chi connectivity index (χ4n) is 2.37. The van der Waals surface area contributed by atoms with Crippen molar-refractivity contribution in [2.24, 2.45) is 0 Å². The molecule has 2 nitrogen and oxygen atoms in total. The van der Waals surface area contributed by atoms with Crippen LogP contribution in [0.15, 0.2) is 34.8 Å². The molecule has 0 bridgehead atoms. The van der Waals surface area contributed by atoms with Gasteiger partial charge in [0.05, 0.1) is 10.9 Å². The number of hydrogen-bond acceptors (Lipinski definition) is 3. The predicted octanol–water partition coefficient (Wildman–Crippen LogP) is 5.05. The standard InChI is InChI=1S/C16H18BrClN2S/c1-20(10-14-5-7-16(18)21-14)15-6-2-12(17)8-11(15)9-19-13-3-4-13/h2,5-8,13,19H,3-4,9-10H2,1H3. The second-order valence-electron chi connectivity index (χ2n) is 5.49. The molecule has 1 N–H and O–H groups in total. The molecule has 0 spiro atoms. The molecule has 1 aliphatic carbocycles. The van der Waals surface area contributed by atoms with Gasteiger partial charge >= 0.3 is 0 Å². The summed E-state index contributed by atoms with van der Waals surface area (Å²) >= 11 is 11.2. The molecular formula is C16H18BrClN2S. The third-order valence-electron chi connectivity index (χ3n) is 3.63. The van der Waals surface area contributed by atoms with Crippen molar-refractivity contribution in [1.82, 2.24) is 5.32 Å². The molecule has 0 atom stereocenters. The highest BCUT2D eigenvalue weighted by molar-refractivity contribution is 9.10. The highest BCUT2D eigenvalue weighted by atomic mass is 79.9. The van der Waals surface area contributed by atoms with E-state index in [1.54, 1.807) is 11.3 Å². The summed E-state index contributed by atoms with van der Waals surface area (Å²) in [5.74, 6) is 0. The second kappa shape index (κ2) is 6.69. The number of rotatable bonds is 6. The zero-order valence-electron chi connectivity index (χ0n) is 11.9. The van der Waals surface area contributed by atoms with E-state index in [0.717, 1.165) is 27.9 Å². The van der Waals surface area contributed by atoms with Crippen LogP contribution in [0.2, 0.25) is 4.34 Å². The molecular weight excluding hydrogens is 368 g/mol. The molecule has 0 unspecified atom stereocenters. The van der Waals surface area contributed by atoms with Gasteiger partial charge in [-0.05, 0) is 48.7 Å². The summed E-state index contributed by atoms with van der Waals surface area (Å²) in [6.07, 6.45) is 2.62. The summed E-state index contributed by atoms with van der Waals surface area (Å²) < 4.78 is 1.98. The van der Waals surface area contributed by atoms with Crippen molar-refractivity contribution in [3.63, 3.8) is 0 Å². The van der Waals surface area contributed by atoms with Crippen molar-refractivity contribution in [3.05, 3.63) is 49.6 Å². The largest absolute Gasteiger partial charge is 0.369 e. The van der Waals surface area contributed by atoms with E-state index in [2.05, 4.69) is 57.5 Å². The Bertz CT molecular complexity index is 624. The molecule has 1 fully saturated rings. The molecule has 1 heterocycles. The number of halogens is 2. The van der Waals surface area contributed by atoms with Gasteiger partial charge in [-0.3, -0.25) is 0 Å². The Balaban J connectivity index is 1.75. The minimum Gasteiger partial charge on any atom is -0.369 e. The summed E-state index contributed by atoms with van der Waals surface area (Å²) in [4.78, 5) is 3.57. The van der Waals surface area contributed by atoms with Crippen molar-refractivity contribution >= 4 is 44.6 Å². The lowest BCUT2D eigenvalue weighted by molar-refractivity contribution is 0.685. The molecule has 0 amide bonds. The third kappa shape index (κ3) is 4.22. The van der Waals surface area contributed by atoms with Crippen molar-refractivity contribution in [1.29, 1.82) is 0 Å². The highest BCUT2D eigenvalue weighted by Crippen LogP contribution is 2.29. The fourth-order valence-corrected chi connectivity index (χ4v) is 3.92. The fraction of sp³-hybridized carbons (Fsp3) is 0.375. The third-order valence-corrected chi connectivity index (χ3v) is 5.34. The number of thiophene rings is 1. The van der Waals surface area contributed by atoms with Gasteiger partial charge in [0.25, 0.3) is 0 Å². The van der Waals surface area contributed by atoms with Gasteiger partial charge in [-0.1, -0.05) is 27.5 Å². The summed E-state index contributed by atoms with van der Waals surface area (Å²) in [6, 6.07) is 11.3. The lowest BCUT2D eigenvalue weighted by Crippen LogP contribution is -2.21. The smallest absolute Gasteiger partial charge is 0.0931 e. The van der Waals surface area contributed by atoms with Crippen LogP contribution in [-0.2, 0) is 13.1 Å². The van der Waals surface area contributed by atoms with E-state index < -0.39 is 0 Å². The molecule has 2 aromatic rings. The van der Waals surface area contributed by atoms with E-state index in [4.69, 9.17) is 11.6 Å². The van der Waals surface area contributed by atoms with Crippen LogP contribution >= 0.6 is 38.9 Å². The molecule has 1 aromatic carbocycles. The Labute approximate surface area is 143 Å². The van der Waals surface area contributed by atoms with Gasteiger partial charge in [0, 0.05) is 34.7 Å². The first-order valence-electron chi connectivity index (χ1n) is 7.09. The summed E-state index contributed by atoms with van der Waals surface area (Å²) in [5, 5.41) is 3.60. The number of nitrogens with one attached hydrogen (secondary N) is 1. The SMILES string of the molecule is CN(Cc1ccc(Cl)s1)c1ccc(Br)cc1CNC1CC1. The zero-order chi connectivity index (χ0) is 14.8. The van der Waals surface area contributed by atoms with Crippen LogP contribution in [0.1, 0.15) is 23.3 Å². The molecule has 0 saturated heterocycles. The van der Waals surface area contributed by atoms with Crippen LogP contribution in [-0.4, -0.2) is 13.1 Å². The first kappa shape index (κ1) is 15.3. The molecule has 3 rings (SSSR count). The molecule has 5 heteroatoms. The molecule has 21 heavy (non-hydrogen) atoms. The van der Waals surface area contributed by atoms with Crippen LogP contribution in [0.25, 0.3) is 0 Å². The van der Waals surface area contributed by atoms with Crippen LogP contribution < -0.4 is 10.2 Å². The van der Waals surface area contributed by atoms with Gasteiger partial charge < -0.3 is 10.2 Å². The molecule has 1 aliphatic rings. The van der Waals surface area contributed by atoms with Gasteiger partial charge in [-0.15, -0.1) is 11.3 Å². The van der Waals surface area contributed by atoms with E-state index in [1.165, 1.54) is 29.0 Å². The van der Waals surface area contributed by atoms with Crippen LogP contribution in [0.3, 0.4) is 0 Å². The Morgan fingerprint density at radius 3 is 2.81 bits per heavy atom. The van der Waals surface area contributed by atoms with E-state index >= 15 is 0 Å². The average molecular weight is 386 g/mol. The van der Waals surface area contributed by atoms with Gasteiger partial charge in [0.2, 0.25) is 0 Å². The molecule has 1 saturated carbocycles. The summed E-state index contributed by atoms with van der Waals surface area (Å²) in [5.41, 5.74) is 2.61. The van der Waals surface area contributed by atoms with Crippen molar-refractivity contribution in [2.45, 2.75) is 32.0 Å². The Hall–Kier alpha value is -0.550. The quantitative estimate of drug-likeness (QED) is 0.748. The van der Waals surface area contributed by atoms with Crippen molar-refractivity contribution in [2.75, 3.05) is 11.9 Å². The Kier molecular flexibility index (Phi) is 4.89. The predicted molar refractivity (Wildman–Crippen MR) is 95.4 cm³/mol. The molecule has 1 aromatic heterocycles. The second-order valence-corrected chi connectivity index (χ2v) is 8.21. The van der Waals surface area contributed by atoms with Gasteiger partial charge in [0.1, 0.15) is 0 Å². The molecule has 0 radical (unpaired) electrons. The van der Waals surface area contributed by atoms with Crippen molar-refractivity contribution < 1.29 is 0 Å². The highest BCUT2D eigenvalue weighted by Gasteiger charge is 2.21. The number of anilines is 1. The van der Waals surface area contributed by atoms with Gasteiger partial charge in [-0.25, -0.2) is 0 Å². The maximum Gasteiger partial charge on any atom is 0.0931 e. The van der Waals surface area contributed by atoms with E-state index in [9.17, 15) is 0 Å². The molecule has 0 aliphatic heterocycles. The minimum atomic E-state index is 0.721. The van der Waals surface area contributed by atoms with E-state index in [0.29, 0.717) is 0 Å². The van der Waals surface area contributed by atoms with Gasteiger partial charge in [0.15, 0.2) is 0 Å². The van der Waals surface area contributed by atoms with Crippen LogP contribution in [0.5, 0.6) is 0 Å². The van der Waals surface area contributed by atoms with Gasteiger partial charge in [-0.2, -0.15) is 0 Å². The van der Waals surface area contributed by atoms with Crippen LogP contribution in [0, 0.1) is 0 Å².